The Morgan fingerprint density at radius 3 is 2.43 bits per heavy atom. The summed E-state index contributed by atoms with van der Waals surface area (Å²) in [5.41, 5.74) is 6.55. The lowest BCUT2D eigenvalue weighted by atomic mass is 10.2. The molecule has 4 nitrogen and oxygen atoms in total. The Labute approximate surface area is 84.9 Å². The summed E-state index contributed by atoms with van der Waals surface area (Å²) in [4.78, 5) is 3.91. The number of aromatic nitrogens is 1. The van der Waals surface area contributed by atoms with Crippen molar-refractivity contribution in [3.8, 4) is 17.0 Å². The Balaban J connectivity index is 2.49. The maximum atomic E-state index is 9.08. The molecule has 0 bridgehead atoms. The number of oxazole rings is 1. The molecular formula is C9H7ClN2O2. The van der Waals surface area contributed by atoms with Gasteiger partial charge in [-0.25, -0.2) is 0 Å². The van der Waals surface area contributed by atoms with Crippen molar-refractivity contribution in [2.75, 3.05) is 5.73 Å². The van der Waals surface area contributed by atoms with Gasteiger partial charge in [0.05, 0.1) is 0 Å². The van der Waals surface area contributed by atoms with Crippen LogP contribution < -0.4 is 5.73 Å². The monoisotopic (exact) mass is 210 g/mol. The van der Waals surface area contributed by atoms with E-state index in [1.165, 1.54) is 12.1 Å². The number of hydrogen-bond acceptors (Lipinski definition) is 4. The van der Waals surface area contributed by atoms with Crippen LogP contribution in [0, 0.1) is 0 Å². The molecule has 2 aromatic rings. The topological polar surface area (TPSA) is 72.3 Å². The van der Waals surface area contributed by atoms with Gasteiger partial charge in [0.2, 0.25) is 5.22 Å². The molecule has 0 atom stereocenters. The van der Waals surface area contributed by atoms with Gasteiger partial charge in [-0.3, -0.25) is 0 Å². The quantitative estimate of drug-likeness (QED) is 0.758. The van der Waals surface area contributed by atoms with E-state index >= 15 is 0 Å². The first-order valence-electron chi connectivity index (χ1n) is 3.88. The number of phenolic OH excluding ortho intramolecular Hbond substituents is 1. The number of nitrogens with zero attached hydrogens (tertiary/aromatic N) is 1. The van der Waals surface area contributed by atoms with Crippen LogP contribution in [0.3, 0.4) is 0 Å². The molecule has 0 aliphatic heterocycles. The molecule has 2 rings (SSSR count). The third-order valence-corrected chi connectivity index (χ3v) is 2.00. The van der Waals surface area contributed by atoms with Crippen LogP contribution in [0.1, 0.15) is 0 Å². The fraction of sp³-hybridized carbons (Fsp3) is 0. The number of benzene rings is 1. The average Bonchev–Trinajstić information content (AvgIpc) is 2.47. The van der Waals surface area contributed by atoms with E-state index in [0.717, 1.165) is 5.56 Å². The number of nitrogen functional groups attached to an aromatic ring is 1. The summed E-state index contributed by atoms with van der Waals surface area (Å²) in [5.74, 6) is 0.182. The number of hydrogen-bond donors (Lipinski definition) is 2. The second-order valence-corrected chi connectivity index (χ2v) is 3.06. The predicted octanol–water partition coefficient (Wildman–Crippen LogP) is 2.28. The smallest absolute Gasteiger partial charge is 0.293 e. The highest BCUT2D eigenvalue weighted by Gasteiger charge is 2.10. The van der Waals surface area contributed by atoms with E-state index < -0.39 is 0 Å². The van der Waals surface area contributed by atoms with Gasteiger partial charge >= 0.3 is 0 Å². The van der Waals surface area contributed by atoms with Gasteiger partial charge in [-0.15, -0.1) is 0 Å². The molecule has 14 heavy (non-hydrogen) atoms. The molecule has 0 fully saturated rings. The summed E-state index contributed by atoms with van der Waals surface area (Å²) >= 11 is 5.75. The molecule has 1 heterocycles. The van der Waals surface area contributed by atoms with Crippen molar-refractivity contribution in [1.82, 2.24) is 4.98 Å². The Kier molecular flexibility index (Phi) is 2.05. The first-order chi connectivity index (χ1) is 6.66. The molecule has 0 aliphatic carbocycles. The van der Waals surface area contributed by atoms with Crippen LogP contribution in [0.5, 0.6) is 5.75 Å². The zero-order chi connectivity index (χ0) is 10.1. The van der Waals surface area contributed by atoms with Crippen LogP contribution in [0.2, 0.25) is 5.22 Å². The molecule has 5 heteroatoms. The number of phenols is 1. The van der Waals surface area contributed by atoms with Crippen LogP contribution in [0.15, 0.2) is 28.7 Å². The van der Waals surface area contributed by atoms with Gasteiger partial charge in [-0.2, -0.15) is 4.98 Å². The number of anilines is 1. The van der Waals surface area contributed by atoms with Crippen LogP contribution in [0.25, 0.3) is 11.3 Å². The lowest BCUT2D eigenvalue weighted by Gasteiger charge is -1.95. The Morgan fingerprint density at radius 1 is 1.29 bits per heavy atom. The van der Waals surface area contributed by atoms with Crippen LogP contribution >= 0.6 is 11.6 Å². The highest BCUT2D eigenvalue weighted by Crippen LogP contribution is 2.29. The third kappa shape index (κ3) is 1.52. The molecular weight excluding hydrogens is 204 g/mol. The minimum atomic E-state index is 0.0260. The summed E-state index contributed by atoms with van der Waals surface area (Å²) < 4.78 is 4.87. The van der Waals surface area contributed by atoms with Gasteiger partial charge in [0.1, 0.15) is 11.4 Å². The summed E-state index contributed by atoms with van der Waals surface area (Å²) in [6.07, 6.45) is 0. The summed E-state index contributed by atoms with van der Waals surface area (Å²) in [7, 11) is 0. The van der Waals surface area contributed by atoms with Crippen LogP contribution in [0.4, 0.5) is 6.01 Å². The zero-order valence-electron chi connectivity index (χ0n) is 7.07. The number of nitrogens with two attached hydrogens (primary N) is 1. The van der Waals surface area contributed by atoms with E-state index in [9.17, 15) is 0 Å². The molecule has 0 unspecified atom stereocenters. The molecule has 3 N–H and O–H groups in total. The largest absolute Gasteiger partial charge is 0.508 e. The first kappa shape index (κ1) is 8.90. The van der Waals surface area contributed by atoms with E-state index in [-0.39, 0.29) is 17.0 Å². The number of rotatable bonds is 1. The van der Waals surface area contributed by atoms with Crippen molar-refractivity contribution < 1.29 is 9.52 Å². The minimum Gasteiger partial charge on any atom is -0.508 e. The van der Waals surface area contributed by atoms with Gasteiger partial charge in [-0.1, -0.05) is 0 Å². The van der Waals surface area contributed by atoms with E-state index in [1.54, 1.807) is 12.1 Å². The molecule has 0 saturated heterocycles. The minimum absolute atomic E-state index is 0.0260. The van der Waals surface area contributed by atoms with Gasteiger partial charge in [0.25, 0.3) is 6.01 Å². The second kappa shape index (κ2) is 3.23. The molecule has 0 amide bonds. The lowest BCUT2D eigenvalue weighted by molar-refractivity contribution is 0.475. The highest BCUT2D eigenvalue weighted by molar-refractivity contribution is 6.31. The third-order valence-electron chi connectivity index (χ3n) is 1.74. The molecule has 0 spiro atoms. The normalized spacial score (nSPS) is 10.4. The van der Waals surface area contributed by atoms with Gasteiger partial charge in [0.15, 0.2) is 0 Å². The fourth-order valence-corrected chi connectivity index (χ4v) is 1.34. The highest BCUT2D eigenvalue weighted by atomic mass is 35.5. The predicted molar refractivity (Wildman–Crippen MR) is 53.0 cm³/mol. The van der Waals surface area contributed by atoms with E-state index in [0.29, 0.717) is 5.69 Å². The van der Waals surface area contributed by atoms with Crippen molar-refractivity contribution in [3.63, 3.8) is 0 Å². The average molecular weight is 211 g/mol. The van der Waals surface area contributed by atoms with E-state index in [2.05, 4.69) is 4.98 Å². The Bertz CT molecular complexity index is 450. The lowest BCUT2D eigenvalue weighted by Crippen LogP contribution is -1.83. The number of halogens is 1. The molecule has 1 aromatic heterocycles. The maximum absolute atomic E-state index is 9.08. The van der Waals surface area contributed by atoms with Gasteiger partial charge < -0.3 is 15.3 Å². The summed E-state index contributed by atoms with van der Waals surface area (Å²) in [6, 6.07) is 6.46. The molecule has 72 valence electrons. The summed E-state index contributed by atoms with van der Waals surface area (Å²) in [6.45, 7) is 0. The Morgan fingerprint density at radius 2 is 1.93 bits per heavy atom. The first-order valence-corrected chi connectivity index (χ1v) is 4.26. The Hall–Kier alpha value is -1.68. The van der Waals surface area contributed by atoms with Crippen molar-refractivity contribution in [1.29, 1.82) is 0 Å². The number of aromatic hydroxyl groups is 1. The maximum Gasteiger partial charge on any atom is 0.293 e. The van der Waals surface area contributed by atoms with Crippen molar-refractivity contribution in [2.24, 2.45) is 0 Å². The van der Waals surface area contributed by atoms with Crippen molar-refractivity contribution in [2.45, 2.75) is 0 Å². The molecule has 1 aromatic carbocycles. The van der Waals surface area contributed by atoms with Crippen molar-refractivity contribution in [3.05, 3.63) is 29.5 Å². The van der Waals surface area contributed by atoms with Gasteiger partial charge in [-0.05, 0) is 35.9 Å². The molecule has 0 saturated carbocycles. The summed E-state index contributed by atoms with van der Waals surface area (Å²) in [5, 5.41) is 9.22. The molecule has 0 aliphatic rings. The van der Waals surface area contributed by atoms with Crippen LogP contribution in [-0.4, -0.2) is 10.1 Å². The van der Waals surface area contributed by atoms with Crippen molar-refractivity contribution >= 4 is 17.6 Å². The second-order valence-electron chi connectivity index (χ2n) is 2.72. The molecule has 0 radical (unpaired) electrons. The SMILES string of the molecule is Nc1nc(-c2ccc(O)cc2)c(Cl)o1. The van der Waals surface area contributed by atoms with Gasteiger partial charge in [0, 0.05) is 5.56 Å². The van der Waals surface area contributed by atoms with E-state index in [1.807, 2.05) is 0 Å². The van der Waals surface area contributed by atoms with E-state index in [4.69, 9.17) is 26.9 Å². The van der Waals surface area contributed by atoms with Crippen LogP contribution in [-0.2, 0) is 0 Å². The zero-order valence-corrected chi connectivity index (χ0v) is 7.82. The fourth-order valence-electron chi connectivity index (χ4n) is 1.11. The standard InChI is InChI=1S/C9H7ClN2O2/c10-8-7(12-9(11)14-8)5-1-3-6(13)4-2-5/h1-4,13H,(H2,11,12).